The fourth-order valence-corrected chi connectivity index (χ4v) is 3.45. The summed E-state index contributed by atoms with van der Waals surface area (Å²) in [5, 5.41) is 20.3. The molecule has 0 aliphatic carbocycles. The summed E-state index contributed by atoms with van der Waals surface area (Å²) in [5.41, 5.74) is 0.352. The number of nitrogens with one attached hydrogen (secondary N) is 1. The van der Waals surface area contributed by atoms with Crippen LogP contribution in [0, 0.1) is 0 Å². The summed E-state index contributed by atoms with van der Waals surface area (Å²) in [6, 6.07) is 12.2. The zero-order valence-corrected chi connectivity index (χ0v) is 15.3. The highest BCUT2D eigenvalue weighted by Gasteiger charge is 2.25. The number of hydrogen-bond donors (Lipinski definition) is 3. The fraction of sp³-hybridized carbons (Fsp3) is 0.111. The van der Waals surface area contributed by atoms with Crippen molar-refractivity contribution >= 4 is 15.9 Å². The van der Waals surface area contributed by atoms with Crippen molar-refractivity contribution in [2.45, 2.75) is 4.90 Å². The highest BCUT2D eigenvalue weighted by atomic mass is 32.2. The summed E-state index contributed by atoms with van der Waals surface area (Å²) in [4.78, 5) is -0.0204. The van der Waals surface area contributed by atoms with Crippen molar-refractivity contribution in [2.24, 2.45) is 0 Å². The van der Waals surface area contributed by atoms with E-state index in [1.807, 2.05) is 0 Å². The number of hydrogen-bond acceptors (Lipinski definition) is 7. The van der Waals surface area contributed by atoms with Crippen molar-refractivity contribution in [2.75, 3.05) is 18.9 Å². The Morgan fingerprint density at radius 3 is 2.22 bits per heavy atom. The Bertz CT molecular complexity index is 1060. The predicted octanol–water partition coefficient (Wildman–Crippen LogP) is 3.18. The number of benzene rings is 2. The van der Waals surface area contributed by atoms with Crippen LogP contribution in [0.2, 0.25) is 0 Å². The van der Waals surface area contributed by atoms with Gasteiger partial charge in [0.2, 0.25) is 11.5 Å². The molecule has 0 saturated carbocycles. The Balaban J connectivity index is 2.00. The van der Waals surface area contributed by atoms with Gasteiger partial charge in [0.05, 0.1) is 19.1 Å². The SMILES string of the molecule is COc1ccc(-c2oc(NS(=O)(=O)c3ccccc3)c(O)c2O)cc1OC. The summed E-state index contributed by atoms with van der Waals surface area (Å²) >= 11 is 0. The molecule has 1 heterocycles. The highest BCUT2D eigenvalue weighted by molar-refractivity contribution is 7.92. The molecule has 0 atom stereocenters. The van der Waals surface area contributed by atoms with Crippen molar-refractivity contribution in [3.05, 3.63) is 48.5 Å². The Hall–Kier alpha value is -3.33. The van der Waals surface area contributed by atoms with E-state index >= 15 is 0 Å². The molecule has 142 valence electrons. The average molecular weight is 391 g/mol. The van der Waals surface area contributed by atoms with Crippen molar-refractivity contribution in [1.29, 1.82) is 0 Å². The number of sulfonamides is 1. The minimum absolute atomic E-state index is 0.0204. The molecule has 0 aliphatic heterocycles. The fourth-order valence-electron chi connectivity index (χ4n) is 2.44. The normalized spacial score (nSPS) is 11.2. The molecule has 27 heavy (non-hydrogen) atoms. The molecular formula is C18H17NO7S. The van der Waals surface area contributed by atoms with Crippen LogP contribution in [0.3, 0.4) is 0 Å². The van der Waals surface area contributed by atoms with Crippen LogP contribution in [0.15, 0.2) is 57.8 Å². The second kappa shape index (κ2) is 7.12. The topological polar surface area (TPSA) is 118 Å². The molecule has 3 N–H and O–H groups in total. The summed E-state index contributed by atoms with van der Waals surface area (Å²) in [5.74, 6) is -1.12. The minimum Gasteiger partial charge on any atom is -0.502 e. The van der Waals surface area contributed by atoms with Gasteiger partial charge in [0.15, 0.2) is 17.3 Å². The van der Waals surface area contributed by atoms with E-state index in [0.717, 1.165) is 0 Å². The van der Waals surface area contributed by atoms with E-state index in [2.05, 4.69) is 4.72 Å². The predicted molar refractivity (Wildman–Crippen MR) is 97.8 cm³/mol. The number of rotatable bonds is 6. The molecule has 0 saturated heterocycles. The summed E-state index contributed by atoms with van der Waals surface area (Å²) < 4.78 is 42.6. The second-order valence-electron chi connectivity index (χ2n) is 5.45. The molecule has 0 spiro atoms. The third-order valence-electron chi connectivity index (χ3n) is 3.78. The van der Waals surface area contributed by atoms with E-state index in [9.17, 15) is 18.6 Å². The first kappa shape index (κ1) is 18.5. The molecule has 0 amide bonds. The second-order valence-corrected chi connectivity index (χ2v) is 7.13. The Morgan fingerprint density at radius 2 is 1.59 bits per heavy atom. The lowest BCUT2D eigenvalue weighted by Gasteiger charge is -2.08. The molecule has 0 aliphatic rings. The molecular weight excluding hydrogens is 374 g/mol. The van der Waals surface area contributed by atoms with Crippen LogP contribution < -0.4 is 14.2 Å². The number of methoxy groups -OCH3 is 2. The molecule has 1 aromatic heterocycles. The average Bonchev–Trinajstić information content (AvgIpc) is 2.96. The van der Waals surface area contributed by atoms with Gasteiger partial charge in [0, 0.05) is 5.56 Å². The molecule has 0 bridgehead atoms. The maximum absolute atomic E-state index is 12.4. The summed E-state index contributed by atoms with van der Waals surface area (Å²) in [7, 11) is -1.08. The van der Waals surface area contributed by atoms with Crippen molar-refractivity contribution in [3.63, 3.8) is 0 Å². The minimum atomic E-state index is -4.00. The van der Waals surface area contributed by atoms with Gasteiger partial charge in [0.1, 0.15) is 0 Å². The largest absolute Gasteiger partial charge is 0.502 e. The Labute approximate surface area is 155 Å². The van der Waals surface area contributed by atoms with Gasteiger partial charge in [-0.05, 0) is 30.3 Å². The van der Waals surface area contributed by atoms with Crippen molar-refractivity contribution < 1.29 is 32.5 Å². The number of aromatic hydroxyl groups is 2. The first-order valence-corrected chi connectivity index (χ1v) is 9.20. The van der Waals surface area contributed by atoms with Crippen LogP contribution in [0.5, 0.6) is 23.0 Å². The van der Waals surface area contributed by atoms with E-state index in [1.165, 1.54) is 32.4 Å². The van der Waals surface area contributed by atoms with Gasteiger partial charge in [-0.2, -0.15) is 0 Å². The van der Waals surface area contributed by atoms with E-state index < -0.39 is 27.4 Å². The van der Waals surface area contributed by atoms with Crippen LogP contribution in [0.4, 0.5) is 5.88 Å². The standard InChI is InChI=1S/C18H17NO7S/c1-24-13-9-8-11(10-14(13)25-2)17-15(20)16(21)18(26-17)19-27(22,23)12-6-4-3-5-7-12/h3-10,19-21H,1-2H3. The lowest BCUT2D eigenvalue weighted by molar-refractivity contribution is 0.355. The van der Waals surface area contributed by atoms with Crippen molar-refractivity contribution in [1.82, 2.24) is 0 Å². The molecule has 9 heteroatoms. The molecule has 0 unspecified atom stereocenters. The van der Waals surface area contributed by atoms with E-state index in [-0.39, 0.29) is 10.7 Å². The van der Waals surface area contributed by atoms with Gasteiger partial charge in [-0.15, -0.1) is 0 Å². The van der Waals surface area contributed by atoms with Gasteiger partial charge in [-0.3, -0.25) is 0 Å². The molecule has 0 fully saturated rings. The molecule has 0 radical (unpaired) electrons. The maximum Gasteiger partial charge on any atom is 0.264 e. The summed E-state index contributed by atoms with van der Waals surface area (Å²) in [6.45, 7) is 0. The summed E-state index contributed by atoms with van der Waals surface area (Å²) in [6.07, 6.45) is 0. The van der Waals surface area contributed by atoms with Crippen molar-refractivity contribution in [3.8, 4) is 34.3 Å². The van der Waals surface area contributed by atoms with E-state index in [4.69, 9.17) is 13.9 Å². The molecule has 2 aromatic carbocycles. The van der Waals surface area contributed by atoms with Gasteiger partial charge in [-0.1, -0.05) is 18.2 Å². The number of ether oxygens (including phenoxy) is 2. The molecule has 3 rings (SSSR count). The van der Waals surface area contributed by atoms with Crippen LogP contribution in [-0.4, -0.2) is 32.9 Å². The van der Waals surface area contributed by atoms with E-state index in [0.29, 0.717) is 17.1 Å². The lowest BCUT2D eigenvalue weighted by Crippen LogP contribution is -2.12. The Morgan fingerprint density at radius 1 is 0.926 bits per heavy atom. The highest BCUT2D eigenvalue weighted by Crippen LogP contribution is 2.47. The quantitative estimate of drug-likeness (QED) is 0.590. The number of anilines is 1. The van der Waals surface area contributed by atoms with Gasteiger partial charge in [-0.25, -0.2) is 13.1 Å². The maximum atomic E-state index is 12.4. The van der Waals surface area contributed by atoms with Crippen LogP contribution in [-0.2, 0) is 10.0 Å². The van der Waals surface area contributed by atoms with Gasteiger partial charge < -0.3 is 24.1 Å². The first-order valence-electron chi connectivity index (χ1n) is 7.72. The zero-order valence-electron chi connectivity index (χ0n) is 14.5. The van der Waals surface area contributed by atoms with Gasteiger partial charge >= 0.3 is 0 Å². The third kappa shape index (κ3) is 3.49. The molecule has 8 nitrogen and oxygen atoms in total. The van der Waals surface area contributed by atoms with E-state index in [1.54, 1.807) is 30.3 Å². The van der Waals surface area contributed by atoms with Crippen LogP contribution >= 0.6 is 0 Å². The lowest BCUT2D eigenvalue weighted by atomic mass is 10.1. The zero-order chi connectivity index (χ0) is 19.6. The smallest absolute Gasteiger partial charge is 0.264 e. The Kier molecular flexibility index (Phi) is 4.87. The third-order valence-corrected chi connectivity index (χ3v) is 5.13. The molecule has 3 aromatic rings. The first-order chi connectivity index (χ1) is 12.9. The van der Waals surface area contributed by atoms with Gasteiger partial charge in [0.25, 0.3) is 15.9 Å². The monoisotopic (exact) mass is 391 g/mol. The van der Waals surface area contributed by atoms with Crippen LogP contribution in [0.25, 0.3) is 11.3 Å². The van der Waals surface area contributed by atoms with Crippen LogP contribution in [0.1, 0.15) is 0 Å². The number of furan rings is 1.